The highest BCUT2D eigenvalue weighted by Gasteiger charge is 2.33. The molecule has 0 saturated carbocycles. The number of hydrogen-bond acceptors (Lipinski definition) is 4. The fourth-order valence-electron chi connectivity index (χ4n) is 4.14. The van der Waals surface area contributed by atoms with E-state index in [1.807, 2.05) is 37.3 Å². The van der Waals surface area contributed by atoms with E-state index in [0.29, 0.717) is 32.3 Å². The molecule has 0 aromatic heterocycles. The van der Waals surface area contributed by atoms with Gasteiger partial charge in [0, 0.05) is 34.0 Å². The third kappa shape index (κ3) is 9.23. The van der Waals surface area contributed by atoms with E-state index < -0.39 is 28.5 Å². The maximum Gasteiger partial charge on any atom is 0.244 e. The summed E-state index contributed by atoms with van der Waals surface area (Å²) in [5, 5.41) is 3.71. The van der Waals surface area contributed by atoms with Crippen molar-refractivity contribution in [2.75, 3.05) is 23.7 Å². The molecule has 2 amide bonds. The second kappa shape index (κ2) is 14.9. The molecule has 40 heavy (non-hydrogen) atoms. The summed E-state index contributed by atoms with van der Waals surface area (Å²) < 4.78 is 27.4. The Hall–Kier alpha value is -2.59. The van der Waals surface area contributed by atoms with Gasteiger partial charge < -0.3 is 10.2 Å². The summed E-state index contributed by atoms with van der Waals surface area (Å²) in [4.78, 5) is 29.1. The monoisotopic (exact) mass is 667 g/mol. The first-order valence-corrected chi connectivity index (χ1v) is 16.2. The number of rotatable bonds is 13. The number of nitrogens with one attached hydrogen (secondary N) is 1. The number of halogens is 3. The Balaban J connectivity index is 2.06. The number of unbranched alkanes of at least 4 members (excludes halogenated alkanes) is 1. The zero-order chi connectivity index (χ0) is 29.3. The van der Waals surface area contributed by atoms with Crippen molar-refractivity contribution in [3.8, 4) is 0 Å². The molecule has 1 atom stereocenters. The number of nitrogens with zero attached hydrogens (tertiary/aromatic N) is 2. The Morgan fingerprint density at radius 3 is 2.35 bits per heavy atom. The summed E-state index contributed by atoms with van der Waals surface area (Å²) in [6.45, 7) is 1.95. The summed E-state index contributed by atoms with van der Waals surface area (Å²) in [5.74, 6) is -0.882. The minimum atomic E-state index is -3.85. The van der Waals surface area contributed by atoms with Crippen LogP contribution in [0, 0.1) is 0 Å². The zero-order valence-electron chi connectivity index (χ0n) is 22.3. The van der Waals surface area contributed by atoms with Crippen LogP contribution < -0.4 is 9.62 Å². The van der Waals surface area contributed by atoms with E-state index in [-0.39, 0.29) is 18.9 Å². The van der Waals surface area contributed by atoms with Crippen molar-refractivity contribution >= 4 is 66.7 Å². The SMILES string of the molecule is CCCCNC(=O)[C@H](Cc1ccccc1)N(Cc1ccc(Cl)cc1Cl)C(=O)CN(c1cccc(Br)c1)S(C)(=O)=O. The molecule has 214 valence electrons. The van der Waals surface area contributed by atoms with Crippen molar-refractivity contribution in [2.24, 2.45) is 0 Å². The molecule has 3 aromatic rings. The van der Waals surface area contributed by atoms with Crippen molar-refractivity contribution in [3.63, 3.8) is 0 Å². The van der Waals surface area contributed by atoms with E-state index in [2.05, 4.69) is 21.2 Å². The quantitative estimate of drug-likeness (QED) is 0.224. The topological polar surface area (TPSA) is 86.8 Å². The fourth-order valence-corrected chi connectivity index (χ4v) is 5.84. The van der Waals surface area contributed by atoms with Crippen LogP contribution in [0.5, 0.6) is 0 Å². The van der Waals surface area contributed by atoms with E-state index >= 15 is 0 Å². The second-order valence-electron chi connectivity index (χ2n) is 9.36. The van der Waals surface area contributed by atoms with Crippen LogP contribution in [-0.2, 0) is 32.6 Å². The van der Waals surface area contributed by atoms with Gasteiger partial charge in [-0.1, -0.05) is 94.9 Å². The molecular weight excluding hydrogens is 637 g/mol. The number of carbonyl (C=O) groups is 2. The van der Waals surface area contributed by atoms with E-state index in [4.69, 9.17) is 23.2 Å². The van der Waals surface area contributed by atoms with Crippen LogP contribution in [0.1, 0.15) is 30.9 Å². The van der Waals surface area contributed by atoms with Gasteiger partial charge in [0.15, 0.2) is 0 Å². The van der Waals surface area contributed by atoms with Gasteiger partial charge in [0.05, 0.1) is 11.9 Å². The number of amides is 2. The van der Waals surface area contributed by atoms with Gasteiger partial charge >= 0.3 is 0 Å². The lowest BCUT2D eigenvalue weighted by molar-refractivity contribution is -0.140. The number of hydrogen-bond donors (Lipinski definition) is 1. The van der Waals surface area contributed by atoms with Gasteiger partial charge in [-0.25, -0.2) is 8.42 Å². The van der Waals surface area contributed by atoms with Crippen LogP contribution in [0.15, 0.2) is 77.3 Å². The zero-order valence-corrected chi connectivity index (χ0v) is 26.2. The predicted octanol–water partition coefficient (Wildman–Crippen LogP) is 6.08. The molecule has 0 bridgehead atoms. The molecule has 0 spiro atoms. The molecule has 0 heterocycles. The molecule has 0 aliphatic carbocycles. The van der Waals surface area contributed by atoms with Crippen LogP contribution in [0.3, 0.4) is 0 Å². The lowest BCUT2D eigenvalue weighted by atomic mass is 10.0. The van der Waals surface area contributed by atoms with Gasteiger partial charge in [0.2, 0.25) is 21.8 Å². The van der Waals surface area contributed by atoms with Crippen LogP contribution >= 0.6 is 39.1 Å². The summed E-state index contributed by atoms with van der Waals surface area (Å²) in [6.07, 6.45) is 2.94. The maximum absolute atomic E-state index is 14.1. The Morgan fingerprint density at radius 2 is 1.73 bits per heavy atom. The van der Waals surface area contributed by atoms with Gasteiger partial charge in [0.1, 0.15) is 12.6 Å². The van der Waals surface area contributed by atoms with E-state index in [0.717, 1.165) is 29.0 Å². The van der Waals surface area contributed by atoms with Crippen LogP contribution in [0.4, 0.5) is 5.69 Å². The van der Waals surface area contributed by atoms with Crippen LogP contribution in [0.25, 0.3) is 0 Å². The average Bonchev–Trinajstić information content (AvgIpc) is 2.90. The summed E-state index contributed by atoms with van der Waals surface area (Å²) in [7, 11) is -3.85. The lowest BCUT2D eigenvalue weighted by Crippen LogP contribution is -2.53. The van der Waals surface area contributed by atoms with Gasteiger partial charge in [-0.15, -0.1) is 0 Å². The number of anilines is 1. The molecule has 0 aliphatic rings. The van der Waals surface area contributed by atoms with Crippen LogP contribution in [-0.4, -0.2) is 50.5 Å². The highest BCUT2D eigenvalue weighted by atomic mass is 79.9. The molecule has 11 heteroatoms. The second-order valence-corrected chi connectivity index (χ2v) is 13.0. The summed E-state index contributed by atoms with van der Waals surface area (Å²) >= 11 is 15.9. The Morgan fingerprint density at radius 1 is 1.00 bits per heavy atom. The van der Waals surface area contributed by atoms with Crippen molar-refractivity contribution in [3.05, 3.63) is 98.4 Å². The van der Waals surface area contributed by atoms with Crippen molar-refractivity contribution < 1.29 is 18.0 Å². The number of carbonyl (C=O) groups excluding carboxylic acids is 2. The predicted molar refractivity (Wildman–Crippen MR) is 165 cm³/mol. The molecule has 0 fully saturated rings. The van der Waals surface area contributed by atoms with E-state index in [9.17, 15) is 18.0 Å². The molecule has 7 nitrogen and oxygen atoms in total. The third-order valence-electron chi connectivity index (χ3n) is 6.23. The van der Waals surface area contributed by atoms with Crippen LogP contribution in [0.2, 0.25) is 10.0 Å². The first-order valence-electron chi connectivity index (χ1n) is 12.8. The number of sulfonamides is 1. The van der Waals surface area contributed by atoms with E-state index in [1.165, 1.54) is 4.90 Å². The normalized spacial score (nSPS) is 12.0. The van der Waals surface area contributed by atoms with Gasteiger partial charge in [-0.2, -0.15) is 0 Å². The molecule has 1 N–H and O–H groups in total. The number of benzene rings is 3. The van der Waals surface area contributed by atoms with Crippen molar-refractivity contribution in [2.45, 2.75) is 38.8 Å². The third-order valence-corrected chi connectivity index (χ3v) is 8.45. The average molecular weight is 669 g/mol. The first-order chi connectivity index (χ1) is 19.0. The van der Waals surface area contributed by atoms with Gasteiger partial charge in [-0.05, 0) is 47.9 Å². The molecule has 0 aliphatic heterocycles. The first kappa shape index (κ1) is 31.9. The van der Waals surface area contributed by atoms with Gasteiger partial charge in [0.25, 0.3) is 0 Å². The molecule has 3 aromatic carbocycles. The summed E-state index contributed by atoms with van der Waals surface area (Å²) in [6, 6.07) is 20.0. The Bertz CT molecular complexity index is 1420. The smallest absolute Gasteiger partial charge is 0.244 e. The highest BCUT2D eigenvalue weighted by molar-refractivity contribution is 9.10. The molecule has 0 radical (unpaired) electrons. The molecular formula is C29H32BrCl2N3O4S. The standard InChI is InChI=1S/C29H32BrCl2N3O4S/c1-3-4-15-33-29(37)27(16-21-9-6-5-7-10-21)34(19-22-13-14-24(31)18-26(22)32)28(36)20-35(40(2,38)39)25-12-8-11-23(30)17-25/h5-14,17-18,27H,3-4,15-16,19-20H2,1-2H3,(H,33,37)/t27-/m0/s1. The van der Waals surface area contributed by atoms with E-state index in [1.54, 1.807) is 42.5 Å². The minimum absolute atomic E-state index is 0.0242. The molecule has 0 unspecified atom stereocenters. The Labute approximate surface area is 254 Å². The largest absolute Gasteiger partial charge is 0.354 e. The maximum atomic E-state index is 14.1. The molecule has 3 rings (SSSR count). The molecule has 0 saturated heterocycles. The van der Waals surface area contributed by atoms with Crippen molar-refractivity contribution in [1.29, 1.82) is 0 Å². The van der Waals surface area contributed by atoms with Gasteiger partial charge in [-0.3, -0.25) is 13.9 Å². The minimum Gasteiger partial charge on any atom is -0.354 e. The lowest BCUT2D eigenvalue weighted by Gasteiger charge is -2.33. The summed E-state index contributed by atoms with van der Waals surface area (Å²) in [5.41, 5.74) is 1.75. The fraction of sp³-hybridized carbons (Fsp3) is 0.310. The Kier molecular flexibility index (Phi) is 11.9. The highest BCUT2D eigenvalue weighted by Crippen LogP contribution is 2.26. The van der Waals surface area contributed by atoms with Crippen molar-refractivity contribution in [1.82, 2.24) is 10.2 Å².